The van der Waals surface area contributed by atoms with Crippen LogP contribution in [0.3, 0.4) is 0 Å². The fourth-order valence-electron chi connectivity index (χ4n) is 13.6. The van der Waals surface area contributed by atoms with Crippen LogP contribution in [-0.4, -0.2) is 50.9 Å². The fraction of sp³-hybridized carbons (Fsp3) is 0.667. The lowest BCUT2D eigenvalue weighted by Crippen LogP contribution is -2.44. The third kappa shape index (κ3) is 21.9. The summed E-state index contributed by atoms with van der Waals surface area (Å²) in [5, 5.41) is 0. The Bertz CT molecular complexity index is 2120. The largest absolute Gasteiger partial charge is 0.315 e. The van der Waals surface area contributed by atoms with Gasteiger partial charge in [0.25, 0.3) is 0 Å². The molecule has 3 aromatic rings. The maximum absolute atomic E-state index is 13.2. The Labute approximate surface area is 506 Å². The molecule has 0 heterocycles. The first-order valence-electron chi connectivity index (χ1n) is 31.2. The average molecular weight is 1180 g/mol. The van der Waals surface area contributed by atoms with Crippen molar-refractivity contribution in [3.05, 3.63) is 108 Å². The topological polar surface area (TPSA) is 137 Å². The number of ketones is 3. The summed E-state index contributed by atoms with van der Waals surface area (Å²) in [5.74, 6) is 4.81. The number of hydrogen-bond acceptors (Lipinski definition) is 8. The van der Waals surface area contributed by atoms with Crippen LogP contribution in [0.4, 0.5) is 0 Å². The van der Waals surface area contributed by atoms with E-state index in [1.165, 1.54) is 0 Å². The molecule has 0 N–H and O–H groups in total. The molecule has 3 rings (SSSR count). The molecule has 0 unspecified atom stereocenters. The number of carbonyl (C=O) groups excluding carboxylic acids is 6. The van der Waals surface area contributed by atoms with Crippen LogP contribution in [-0.2, 0) is 23.5 Å². The number of carbonyl (C=O) groups is 6. The van der Waals surface area contributed by atoms with Crippen LogP contribution in [0.2, 0.25) is 0 Å². The molecule has 0 amide bonds. The van der Waals surface area contributed by atoms with Gasteiger partial charge in [0.2, 0.25) is 23.7 Å². The van der Waals surface area contributed by atoms with Gasteiger partial charge in [-0.25, -0.2) is 0 Å². The van der Waals surface area contributed by atoms with Crippen LogP contribution in [0.15, 0.2) is 91.0 Å². The van der Waals surface area contributed by atoms with Crippen molar-refractivity contribution in [1.29, 1.82) is 0 Å². The zero-order valence-electron chi connectivity index (χ0n) is 58.7. The minimum absolute atomic E-state index is 0.0970. The Morgan fingerprint density at radius 2 is 0.439 bits per heavy atom. The minimum Gasteiger partial charge on any atom is -0.315 e. The second-order valence-electron chi connectivity index (χ2n) is 24.5. The SMILES string of the molecule is CC.CC.CC.CC(=O)C(C(C)C)(C(C)C)C(C)C.CC(=O)C(C(C)C)(C(C)C)C(C)C.CC(=O)C(C(C)C)(C(C)C)C(C)C.CC(C)P(=O)(C(=O)c1ccccc1)C(=O)c1ccccc1.CC(C)P(=O)(C(=O)c1ccccc1)C(C)C. The molecule has 3 aromatic carbocycles. The molecule has 0 aliphatic rings. The van der Waals surface area contributed by atoms with Crippen molar-refractivity contribution in [2.24, 2.45) is 69.5 Å². The highest BCUT2D eigenvalue weighted by Gasteiger charge is 2.47. The quantitative estimate of drug-likeness (QED) is 0.0962. The molecule has 0 aliphatic carbocycles. The number of hydrogen-bond donors (Lipinski definition) is 0. The molecule has 0 aromatic heterocycles. The zero-order chi connectivity index (χ0) is 66.2. The van der Waals surface area contributed by atoms with Crippen molar-refractivity contribution < 1.29 is 37.9 Å². The fourth-order valence-corrected chi connectivity index (χ4v) is 18.5. The molecule has 0 radical (unpaired) electrons. The van der Waals surface area contributed by atoms with Gasteiger partial charge >= 0.3 is 0 Å². The van der Waals surface area contributed by atoms with Gasteiger partial charge in [-0.2, -0.15) is 0 Å². The predicted molar refractivity (Wildman–Crippen MR) is 360 cm³/mol. The minimum atomic E-state index is -3.69. The molecular weight excluding hydrogens is 1050 g/mol. The highest BCUT2D eigenvalue weighted by Crippen LogP contribution is 2.58. The Kier molecular flexibility index (Phi) is 43.7. The Morgan fingerprint density at radius 1 is 0.280 bits per heavy atom. The second kappa shape index (κ2) is 41.2. The molecule has 0 atom stereocenters. The normalized spacial score (nSPS) is 11.7. The summed E-state index contributed by atoms with van der Waals surface area (Å²) in [4.78, 5) is 72.9. The smallest absolute Gasteiger partial charge is 0.229 e. The molecule has 0 bridgehead atoms. The first-order valence-corrected chi connectivity index (χ1v) is 34.8. The van der Waals surface area contributed by atoms with Gasteiger partial charge in [0.05, 0.1) is 0 Å². The van der Waals surface area contributed by atoms with Gasteiger partial charge < -0.3 is 9.13 Å². The van der Waals surface area contributed by atoms with E-state index in [-0.39, 0.29) is 33.1 Å². The third-order valence-electron chi connectivity index (χ3n) is 16.7. The summed E-state index contributed by atoms with van der Waals surface area (Å²) in [6, 6.07) is 25.6. The Hall–Kier alpha value is -3.86. The van der Waals surface area contributed by atoms with E-state index in [0.29, 0.717) is 87.3 Å². The number of Topliss-reactive ketones (excluding diaryl/α,β-unsaturated/α-hetero) is 3. The van der Waals surface area contributed by atoms with Gasteiger partial charge in [0.15, 0.2) is 7.14 Å². The van der Waals surface area contributed by atoms with E-state index in [4.69, 9.17) is 0 Å². The van der Waals surface area contributed by atoms with Crippen LogP contribution in [0.25, 0.3) is 0 Å². The van der Waals surface area contributed by atoms with Crippen molar-refractivity contribution in [2.45, 2.75) is 245 Å². The van der Waals surface area contributed by atoms with Crippen molar-refractivity contribution >= 4 is 48.2 Å². The van der Waals surface area contributed by atoms with Crippen molar-refractivity contribution in [2.75, 3.05) is 0 Å². The van der Waals surface area contributed by atoms with Crippen LogP contribution in [0.5, 0.6) is 0 Å². The van der Waals surface area contributed by atoms with Crippen LogP contribution < -0.4 is 0 Å². The monoisotopic (exact) mass is 1180 g/mol. The molecule has 8 nitrogen and oxygen atoms in total. The average Bonchev–Trinajstić information content (AvgIpc) is 3.39. The maximum Gasteiger partial charge on any atom is 0.229 e. The van der Waals surface area contributed by atoms with Gasteiger partial charge in [0, 0.05) is 49.9 Å². The predicted octanol–water partition coefficient (Wildman–Crippen LogP) is 22.1. The molecule has 0 saturated carbocycles. The van der Waals surface area contributed by atoms with E-state index < -0.39 is 31.0 Å². The van der Waals surface area contributed by atoms with E-state index in [0.717, 1.165) is 0 Å². The summed E-state index contributed by atoms with van der Waals surface area (Å²) in [5.41, 5.74) is -1.25. The molecule has 472 valence electrons. The molecular formula is C72H126O8P2. The summed E-state index contributed by atoms with van der Waals surface area (Å²) in [6.45, 7) is 66.7. The van der Waals surface area contributed by atoms with E-state index in [2.05, 4.69) is 125 Å². The first-order chi connectivity index (χ1) is 37.7. The Morgan fingerprint density at radius 3 is 0.549 bits per heavy atom. The van der Waals surface area contributed by atoms with Gasteiger partial charge in [-0.3, -0.25) is 28.8 Å². The van der Waals surface area contributed by atoms with Crippen LogP contribution in [0, 0.1) is 69.5 Å². The maximum atomic E-state index is 13.2. The molecule has 0 aliphatic heterocycles. The Balaban J connectivity index is -0.000000298. The first kappa shape index (κ1) is 86.9. The molecule has 0 fully saturated rings. The van der Waals surface area contributed by atoms with E-state index in [1.807, 2.05) is 75.3 Å². The van der Waals surface area contributed by atoms with Crippen molar-refractivity contribution in [1.82, 2.24) is 0 Å². The van der Waals surface area contributed by atoms with E-state index >= 15 is 0 Å². The standard InChI is InChI=1S/C17H17O3P.C13H19O2P.3C12H24O.3C2H6/c1-13(2)21(20,16(18)14-9-5-3-6-10-14)17(19)15-11-7-4-8-12-15;1-10(2)16(15,11(3)4)13(14)12-8-6-5-7-9-12;3*1-8(2)12(9(3)4,10(5)6)11(7)13;3*1-2/h3-13H,1-2H3;5-11H,1-4H3;3*8-10H,1-7H3;3*1-2H3. The van der Waals surface area contributed by atoms with Crippen molar-refractivity contribution in [3.8, 4) is 0 Å². The molecule has 82 heavy (non-hydrogen) atoms. The molecule has 10 heteroatoms. The lowest BCUT2D eigenvalue weighted by molar-refractivity contribution is -0.137. The highest BCUT2D eigenvalue weighted by atomic mass is 31.2. The third-order valence-corrected chi connectivity index (χ3v) is 23.8. The second-order valence-corrected chi connectivity index (χ2v) is 31.6. The summed E-state index contributed by atoms with van der Waals surface area (Å²) < 4.78 is 26.0. The van der Waals surface area contributed by atoms with Gasteiger partial charge in [-0.05, 0) is 74.0 Å². The van der Waals surface area contributed by atoms with Gasteiger partial charge in [0.1, 0.15) is 17.3 Å². The van der Waals surface area contributed by atoms with Crippen molar-refractivity contribution in [3.63, 3.8) is 0 Å². The summed E-state index contributed by atoms with van der Waals surface area (Å²) >= 11 is 0. The zero-order valence-corrected chi connectivity index (χ0v) is 60.5. The summed E-state index contributed by atoms with van der Waals surface area (Å²) in [7, 11) is -6.51. The van der Waals surface area contributed by atoms with Crippen LogP contribution in [0.1, 0.15) is 260 Å². The number of benzene rings is 3. The highest BCUT2D eigenvalue weighted by molar-refractivity contribution is 7.95. The van der Waals surface area contributed by atoms with Crippen LogP contribution >= 0.6 is 14.3 Å². The molecule has 0 saturated heterocycles. The van der Waals surface area contributed by atoms with E-state index in [9.17, 15) is 37.9 Å². The van der Waals surface area contributed by atoms with Gasteiger partial charge in [-0.15, -0.1) is 0 Å². The van der Waals surface area contributed by atoms with E-state index in [1.54, 1.807) is 120 Å². The summed E-state index contributed by atoms with van der Waals surface area (Å²) in [6.07, 6.45) is 0. The lowest BCUT2D eigenvalue weighted by atomic mass is 9.60. The van der Waals surface area contributed by atoms with Gasteiger partial charge in [-0.1, -0.05) is 299 Å². The number of rotatable bonds is 21. The lowest BCUT2D eigenvalue weighted by Gasteiger charge is -2.43. The molecule has 0 spiro atoms.